The van der Waals surface area contributed by atoms with Gasteiger partial charge >= 0.3 is 0 Å². The molecule has 1 N–H and O–H groups in total. The van der Waals surface area contributed by atoms with Crippen LogP contribution in [-0.2, 0) is 0 Å². The van der Waals surface area contributed by atoms with E-state index >= 15 is 0 Å². The van der Waals surface area contributed by atoms with Crippen molar-refractivity contribution in [3.63, 3.8) is 0 Å². The number of halogens is 2. The number of hydrogen-bond acceptors (Lipinski definition) is 3. The summed E-state index contributed by atoms with van der Waals surface area (Å²) in [5.41, 5.74) is 1.85. The quantitative estimate of drug-likeness (QED) is 0.845. The molecule has 0 saturated heterocycles. The maximum Gasteiger partial charge on any atom is 0.255 e. The van der Waals surface area contributed by atoms with E-state index in [-0.39, 0.29) is 5.91 Å². The molecule has 23 heavy (non-hydrogen) atoms. The number of rotatable bonds is 5. The van der Waals surface area contributed by atoms with Gasteiger partial charge in [0, 0.05) is 18.0 Å². The lowest BCUT2D eigenvalue weighted by molar-refractivity contribution is 0.102. The van der Waals surface area contributed by atoms with Crippen molar-refractivity contribution in [2.45, 2.75) is 12.8 Å². The van der Waals surface area contributed by atoms with Crippen LogP contribution in [-0.4, -0.2) is 25.3 Å². The Balaban J connectivity index is 1.77. The van der Waals surface area contributed by atoms with Crippen LogP contribution in [0.4, 0.5) is 5.69 Å². The Morgan fingerprint density at radius 1 is 1.30 bits per heavy atom. The Labute approximate surface area is 145 Å². The van der Waals surface area contributed by atoms with Crippen LogP contribution >= 0.6 is 23.2 Å². The molecule has 118 valence electrons. The zero-order valence-electron chi connectivity index (χ0n) is 12.6. The monoisotopic (exact) mass is 348 g/mol. The third-order valence-electron chi connectivity index (χ3n) is 3.71. The summed E-state index contributed by atoms with van der Waals surface area (Å²) in [6, 6.07) is 5.36. The molecule has 0 spiro atoms. The Bertz CT molecular complexity index is 731. The maximum atomic E-state index is 12.4. The molecule has 1 aliphatic rings. The number of carbonyl (C=O) groups excluding carboxylic acids is 1. The second kappa shape index (κ2) is 6.81. The fraction of sp³-hybridized carbons (Fsp3) is 0.250. The Morgan fingerprint density at radius 2 is 2.00 bits per heavy atom. The molecule has 0 radical (unpaired) electrons. The number of nitrogens with one attached hydrogen (secondary N) is 1. The first-order valence-electron chi connectivity index (χ1n) is 7.38. The minimum atomic E-state index is -0.295. The molecule has 1 heterocycles. The van der Waals surface area contributed by atoms with Crippen LogP contribution in [0.25, 0.3) is 0 Å². The molecule has 0 aliphatic heterocycles. The highest BCUT2D eigenvalue weighted by Crippen LogP contribution is 2.30. The summed E-state index contributed by atoms with van der Waals surface area (Å²) in [5.74, 6) is 1.09. The van der Waals surface area contributed by atoms with Gasteiger partial charge in [-0.05, 0) is 36.4 Å². The van der Waals surface area contributed by atoms with E-state index in [1.54, 1.807) is 12.1 Å². The van der Waals surface area contributed by atoms with Crippen molar-refractivity contribution in [3.05, 3.63) is 46.2 Å². The number of aromatic nitrogens is 1. The summed E-state index contributed by atoms with van der Waals surface area (Å²) in [4.78, 5) is 16.3. The Hall–Kier alpha value is -1.72. The summed E-state index contributed by atoms with van der Waals surface area (Å²) in [6.07, 6.45) is 5.31. The van der Waals surface area contributed by atoms with E-state index in [1.165, 1.54) is 25.2 Å². The normalized spacial score (nSPS) is 13.7. The van der Waals surface area contributed by atoms with Crippen molar-refractivity contribution >= 4 is 48.1 Å². The number of nitrogens with zero attached hydrogens (tertiary/aromatic N) is 1. The molecule has 1 aromatic heterocycles. The summed E-state index contributed by atoms with van der Waals surface area (Å²) < 4.78 is 5.81. The van der Waals surface area contributed by atoms with Crippen LogP contribution in [0.15, 0.2) is 30.6 Å². The third-order valence-corrected chi connectivity index (χ3v) is 4.29. The lowest BCUT2D eigenvalue weighted by Crippen LogP contribution is -2.16. The topological polar surface area (TPSA) is 51.2 Å². The zero-order chi connectivity index (χ0) is 16.4. The average molecular weight is 349 g/mol. The highest BCUT2D eigenvalue weighted by Gasteiger charge is 2.22. The zero-order valence-corrected chi connectivity index (χ0v) is 14.1. The molecule has 7 heteroatoms. The van der Waals surface area contributed by atoms with Gasteiger partial charge in [0.2, 0.25) is 0 Å². The first-order valence-corrected chi connectivity index (χ1v) is 8.14. The SMILES string of the molecule is Bc1ccc(C(=O)Nc2c(Cl)cncc2Cl)cc1OCC1CC1. The molecule has 0 unspecified atom stereocenters. The molecule has 4 nitrogen and oxygen atoms in total. The van der Waals surface area contributed by atoms with Gasteiger partial charge < -0.3 is 10.1 Å². The fourth-order valence-electron chi connectivity index (χ4n) is 2.11. The number of carbonyl (C=O) groups is 1. The van der Waals surface area contributed by atoms with Crippen molar-refractivity contribution in [2.24, 2.45) is 5.92 Å². The van der Waals surface area contributed by atoms with Crippen molar-refractivity contribution in [1.29, 1.82) is 0 Å². The third kappa shape index (κ3) is 3.98. The van der Waals surface area contributed by atoms with E-state index in [1.807, 2.05) is 13.9 Å². The van der Waals surface area contributed by atoms with Crippen LogP contribution in [0, 0.1) is 5.92 Å². The van der Waals surface area contributed by atoms with Crippen LogP contribution in [0.2, 0.25) is 10.0 Å². The first-order chi connectivity index (χ1) is 11.0. The Morgan fingerprint density at radius 3 is 2.65 bits per heavy atom. The largest absolute Gasteiger partial charge is 0.494 e. The van der Waals surface area contributed by atoms with Gasteiger partial charge in [-0.2, -0.15) is 0 Å². The van der Waals surface area contributed by atoms with Crippen molar-refractivity contribution in [2.75, 3.05) is 11.9 Å². The second-order valence-corrected chi connectivity index (χ2v) is 6.48. The van der Waals surface area contributed by atoms with Crippen LogP contribution in [0.5, 0.6) is 5.75 Å². The van der Waals surface area contributed by atoms with Crippen molar-refractivity contribution in [1.82, 2.24) is 4.98 Å². The lowest BCUT2D eigenvalue weighted by atomic mass is 9.93. The van der Waals surface area contributed by atoms with Gasteiger partial charge in [0.25, 0.3) is 5.91 Å². The van der Waals surface area contributed by atoms with Gasteiger partial charge in [-0.3, -0.25) is 9.78 Å². The number of amides is 1. The molecule has 0 atom stereocenters. The lowest BCUT2D eigenvalue weighted by Gasteiger charge is -2.12. The summed E-state index contributed by atoms with van der Waals surface area (Å²) in [6.45, 7) is 0.702. The predicted molar refractivity (Wildman–Crippen MR) is 95.0 cm³/mol. The molecule has 1 aromatic carbocycles. The van der Waals surface area contributed by atoms with E-state index < -0.39 is 0 Å². The predicted octanol–water partition coefficient (Wildman–Crippen LogP) is 2.69. The molecule has 0 bridgehead atoms. The maximum absolute atomic E-state index is 12.4. The molecule has 1 fully saturated rings. The highest BCUT2D eigenvalue weighted by molar-refractivity contribution is 6.39. The number of pyridine rings is 1. The van der Waals surface area contributed by atoms with Crippen LogP contribution in [0.1, 0.15) is 23.2 Å². The standard InChI is InChI=1S/C16H15BCl2N2O2/c17-11-4-3-10(5-14(11)23-8-9-1-2-9)16(22)21-15-12(18)6-20-7-13(15)19/h3-7,9H,1-2,8,17H2,(H,20,21,22). The molecule has 2 aromatic rings. The van der Waals surface area contributed by atoms with Crippen molar-refractivity contribution in [3.8, 4) is 5.75 Å². The fourth-order valence-corrected chi connectivity index (χ4v) is 2.56. The first kappa shape index (κ1) is 16.2. The van der Waals surface area contributed by atoms with Crippen LogP contribution < -0.4 is 15.5 Å². The van der Waals surface area contributed by atoms with E-state index in [2.05, 4.69) is 10.3 Å². The van der Waals surface area contributed by atoms with Gasteiger partial charge in [-0.1, -0.05) is 29.3 Å². The second-order valence-electron chi connectivity index (χ2n) is 5.67. The number of anilines is 1. The van der Waals surface area contributed by atoms with Crippen molar-refractivity contribution < 1.29 is 9.53 Å². The Kier molecular flexibility index (Phi) is 4.78. The molecule has 1 amide bonds. The van der Waals surface area contributed by atoms with E-state index in [4.69, 9.17) is 27.9 Å². The average Bonchev–Trinajstić information content (AvgIpc) is 3.34. The molecular formula is C16H15BCl2N2O2. The van der Waals surface area contributed by atoms with E-state index in [0.717, 1.165) is 11.2 Å². The van der Waals surface area contributed by atoms with Gasteiger partial charge in [-0.25, -0.2) is 0 Å². The molecule has 1 aliphatic carbocycles. The number of ether oxygens (including phenoxy) is 1. The molecular weight excluding hydrogens is 334 g/mol. The molecule has 1 saturated carbocycles. The van der Waals surface area contributed by atoms with E-state index in [9.17, 15) is 4.79 Å². The number of hydrogen-bond donors (Lipinski definition) is 1. The number of benzene rings is 1. The molecule has 3 rings (SSSR count). The summed E-state index contributed by atoms with van der Waals surface area (Å²) >= 11 is 12.0. The minimum absolute atomic E-state index is 0.295. The van der Waals surface area contributed by atoms with Gasteiger partial charge in [0.15, 0.2) is 0 Å². The van der Waals surface area contributed by atoms with E-state index in [0.29, 0.717) is 33.8 Å². The van der Waals surface area contributed by atoms with Gasteiger partial charge in [-0.15, -0.1) is 0 Å². The minimum Gasteiger partial charge on any atom is -0.494 e. The summed E-state index contributed by atoms with van der Waals surface area (Å²) in [5, 5.41) is 3.31. The van der Waals surface area contributed by atoms with Gasteiger partial charge in [0.05, 0.1) is 22.3 Å². The highest BCUT2D eigenvalue weighted by atomic mass is 35.5. The van der Waals surface area contributed by atoms with Crippen LogP contribution in [0.3, 0.4) is 0 Å². The summed E-state index contributed by atoms with van der Waals surface area (Å²) in [7, 11) is 1.96. The van der Waals surface area contributed by atoms with Gasteiger partial charge in [0.1, 0.15) is 13.6 Å². The smallest absolute Gasteiger partial charge is 0.255 e.